The Hall–Kier alpha value is -2.24. The Morgan fingerprint density at radius 1 is 1.25 bits per heavy atom. The highest BCUT2D eigenvalue weighted by Gasteiger charge is 2.28. The fraction of sp³-hybridized carbons (Fsp3) is 0.429. The second kappa shape index (κ2) is 5.40. The molecule has 0 aliphatic carbocycles. The maximum atomic E-state index is 12.1. The maximum Gasteiger partial charge on any atom is 0.512 e. The van der Waals surface area contributed by atoms with E-state index in [0.29, 0.717) is 18.1 Å². The van der Waals surface area contributed by atoms with E-state index in [1.165, 1.54) is 4.57 Å². The molecule has 108 valence electrons. The minimum Gasteiger partial charge on any atom is -0.493 e. The Morgan fingerprint density at radius 2 is 1.85 bits per heavy atom. The van der Waals surface area contributed by atoms with Crippen LogP contribution < -0.4 is 14.0 Å². The van der Waals surface area contributed by atoms with E-state index in [1.807, 2.05) is 24.6 Å². The van der Waals surface area contributed by atoms with Gasteiger partial charge in [-0.3, -0.25) is 0 Å². The van der Waals surface area contributed by atoms with Crippen molar-refractivity contribution in [1.82, 2.24) is 4.57 Å². The molecule has 6 nitrogen and oxygen atoms in total. The van der Waals surface area contributed by atoms with Crippen molar-refractivity contribution in [3.8, 4) is 11.5 Å². The molecule has 2 aromatic rings. The number of fused-ring (bicyclic) bond motifs is 1. The lowest BCUT2D eigenvalue weighted by Gasteiger charge is -2.06. The summed E-state index contributed by atoms with van der Waals surface area (Å²) in [4.78, 5) is 12.1. The Morgan fingerprint density at radius 3 is 2.40 bits per heavy atom. The van der Waals surface area contributed by atoms with Gasteiger partial charge < -0.3 is 14.2 Å². The van der Waals surface area contributed by atoms with Crippen molar-refractivity contribution < 1.29 is 23.6 Å². The van der Waals surface area contributed by atoms with Crippen LogP contribution in [0, 0.1) is 6.92 Å². The van der Waals surface area contributed by atoms with E-state index in [2.05, 4.69) is 0 Å². The Bertz CT molecular complexity index is 661. The van der Waals surface area contributed by atoms with Gasteiger partial charge in [-0.2, -0.15) is 4.79 Å². The van der Waals surface area contributed by atoms with Crippen molar-refractivity contribution in [1.29, 1.82) is 0 Å². The van der Waals surface area contributed by atoms with Crippen molar-refractivity contribution in [3.05, 3.63) is 18.0 Å². The Kier molecular flexibility index (Phi) is 3.83. The van der Waals surface area contributed by atoms with Crippen LogP contribution in [-0.2, 0) is 11.8 Å². The van der Waals surface area contributed by atoms with Crippen LogP contribution in [0.1, 0.15) is 12.7 Å². The van der Waals surface area contributed by atoms with Crippen LogP contribution in [0.5, 0.6) is 11.5 Å². The molecule has 0 radical (unpaired) electrons. The van der Waals surface area contributed by atoms with Crippen LogP contribution in [0.4, 0.5) is 4.79 Å². The summed E-state index contributed by atoms with van der Waals surface area (Å²) in [6, 6.07) is 3.62. The zero-order valence-electron chi connectivity index (χ0n) is 12.4. The average molecular weight is 279 g/mol. The summed E-state index contributed by atoms with van der Waals surface area (Å²) in [7, 11) is 5.03. The predicted molar refractivity (Wildman–Crippen MR) is 73.4 cm³/mol. The topological polar surface area (TPSA) is 53.6 Å². The summed E-state index contributed by atoms with van der Waals surface area (Å²) in [6.07, 6.45) is -0.400. The molecule has 0 bridgehead atoms. The van der Waals surface area contributed by atoms with Crippen LogP contribution >= 0.6 is 0 Å². The highest BCUT2D eigenvalue weighted by molar-refractivity contribution is 5.87. The quantitative estimate of drug-likeness (QED) is 0.804. The van der Waals surface area contributed by atoms with Gasteiger partial charge in [-0.1, -0.05) is 0 Å². The number of rotatable bonds is 3. The largest absolute Gasteiger partial charge is 0.512 e. The third kappa shape index (κ3) is 2.07. The molecule has 1 aromatic heterocycles. The number of benzene rings is 1. The summed E-state index contributed by atoms with van der Waals surface area (Å²) in [5.74, 6) is 1.97. The second-order valence-electron chi connectivity index (χ2n) is 4.34. The number of aromatic nitrogens is 2. The first-order valence-electron chi connectivity index (χ1n) is 6.35. The fourth-order valence-corrected chi connectivity index (χ4v) is 2.22. The normalized spacial score (nSPS) is 10.7. The number of carbonyl (C=O) groups is 1. The zero-order chi connectivity index (χ0) is 14.9. The number of hydrogen-bond donors (Lipinski definition) is 0. The molecule has 0 atom stereocenters. The van der Waals surface area contributed by atoms with Gasteiger partial charge in [0.2, 0.25) is 0 Å². The zero-order valence-corrected chi connectivity index (χ0v) is 12.4. The van der Waals surface area contributed by atoms with E-state index in [4.69, 9.17) is 14.2 Å². The van der Waals surface area contributed by atoms with Gasteiger partial charge in [-0.25, -0.2) is 4.57 Å². The van der Waals surface area contributed by atoms with Crippen LogP contribution in [0.2, 0.25) is 0 Å². The third-order valence-corrected chi connectivity index (χ3v) is 3.34. The summed E-state index contributed by atoms with van der Waals surface area (Å²) < 4.78 is 19.1. The summed E-state index contributed by atoms with van der Waals surface area (Å²) in [5.41, 5.74) is 1.59. The van der Waals surface area contributed by atoms with Gasteiger partial charge >= 0.3 is 6.09 Å². The number of ether oxygens (including phenoxy) is 3. The van der Waals surface area contributed by atoms with Crippen molar-refractivity contribution in [3.63, 3.8) is 0 Å². The Balaban J connectivity index is 2.75. The molecule has 0 spiro atoms. The average Bonchev–Trinajstić information content (AvgIpc) is 2.69. The molecule has 0 fully saturated rings. The molecule has 20 heavy (non-hydrogen) atoms. The molecular weight excluding hydrogens is 260 g/mol. The van der Waals surface area contributed by atoms with Gasteiger partial charge in [-0.15, -0.1) is 4.57 Å². The van der Waals surface area contributed by atoms with E-state index in [0.717, 1.165) is 16.9 Å². The number of aryl methyl sites for hydroxylation is 1. The predicted octanol–water partition coefficient (Wildman–Crippen LogP) is 1.80. The van der Waals surface area contributed by atoms with Crippen molar-refractivity contribution in [2.45, 2.75) is 13.8 Å². The maximum absolute atomic E-state index is 12.1. The molecule has 6 heteroatoms. The molecule has 0 aliphatic heterocycles. The standard InChI is InChI=1S/C14H19N2O4/c1-6-20-14(17)16-9(2)15(3)10-7-12(18-4)13(19-5)8-11(10)16/h7-8H,6H2,1-5H3/q+1. The second-order valence-corrected chi connectivity index (χ2v) is 4.34. The number of hydrogen-bond acceptors (Lipinski definition) is 4. The minimum atomic E-state index is -0.400. The molecule has 0 N–H and O–H groups in total. The molecule has 0 amide bonds. The van der Waals surface area contributed by atoms with Crippen LogP contribution in [0.15, 0.2) is 12.1 Å². The van der Waals surface area contributed by atoms with Gasteiger partial charge in [0.25, 0.3) is 5.82 Å². The van der Waals surface area contributed by atoms with Crippen LogP contribution in [0.3, 0.4) is 0 Å². The molecular formula is C14H19N2O4+. The number of methoxy groups -OCH3 is 2. The highest BCUT2D eigenvalue weighted by atomic mass is 16.5. The first-order valence-corrected chi connectivity index (χ1v) is 6.35. The van der Waals surface area contributed by atoms with E-state index >= 15 is 0 Å². The Labute approximate surface area is 117 Å². The fourth-order valence-electron chi connectivity index (χ4n) is 2.22. The lowest BCUT2D eigenvalue weighted by atomic mass is 10.2. The molecule has 2 rings (SSSR count). The lowest BCUT2D eigenvalue weighted by Crippen LogP contribution is -2.32. The molecule has 0 saturated carbocycles. The highest BCUT2D eigenvalue weighted by Crippen LogP contribution is 2.31. The molecule has 0 saturated heterocycles. The van der Waals surface area contributed by atoms with Crippen LogP contribution in [-0.4, -0.2) is 31.5 Å². The number of carbonyl (C=O) groups excluding carboxylic acids is 1. The van der Waals surface area contributed by atoms with Crippen LogP contribution in [0.25, 0.3) is 11.0 Å². The van der Waals surface area contributed by atoms with Gasteiger partial charge in [0, 0.05) is 19.1 Å². The van der Waals surface area contributed by atoms with Gasteiger partial charge in [0.1, 0.15) is 0 Å². The molecule has 0 aliphatic rings. The van der Waals surface area contributed by atoms with E-state index in [9.17, 15) is 4.79 Å². The van der Waals surface area contributed by atoms with E-state index < -0.39 is 6.09 Å². The van der Waals surface area contributed by atoms with E-state index in [1.54, 1.807) is 27.2 Å². The van der Waals surface area contributed by atoms with Gasteiger partial charge in [-0.05, 0) is 6.92 Å². The first-order chi connectivity index (χ1) is 9.54. The third-order valence-electron chi connectivity index (χ3n) is 3.34. The molecule has 0 unspecified atom stereocenters. The lowest BCUT2D eigenvalue weighted by molar-refractivity contribution is -0.651. The van der Waals surface area contributed by atoms with E-state index in [-0.39, 0.29) is 0 Å². The molecule has 1 aromatic carbocycles. The number of imidazole rings is 1. The smallest absolute Gasteiger partial charge is 0.493 e. The SMILES string of the molecule is CCOC(=O)n1c(C)[n+](C)c2cc(OC)c(OC)cc21. The molecule has 1 heterocycles. The van der Waals surface area contributed by atoms with Crippen molar-refractivity contribution in [2.24, 2.45) is 7.05 Å². The summed E-state index contributed by atoms with van der Waals surface area (Å²) >= 11 is 0. The monoisotopic (exact) mass is 279 g/mol. The summed E-state index contributed by atoms with van der Waals surface area (Å²) in [5, 5.41) is 0. The van der Waals surface area contributed by atoms with Crippen molar-refractivity contribution >= 4 is 17.1 Å². The number of nitrogens with zero attached hydrogens (tertiary/aromatic N) is 2. The van der Waals surface area contributed by atoms with Crippen molar-refractivity contribution in [2.75, 3.05) is 20.8 Å². The first kappa shape index (κ1) is 14.2. The van der Waals surface area contributed by atoms with Gasteiger partial charge in [0.05, 0.1) is 27.9 Å². The van der Waals surface area contributed by atoms with Gasteiger partial charge in [0.15, 0.2) is 22.5 Å². The summed E-state index contributed by atoms with van der Waals surface area (Å²) in [6.45, 7) is 3.97. The minimum absolute atomic E-state index is 0.328.